The molecule has 10 heteroatoms. The topological polar surface area (TPSA) is 84.4 Å². The quantitative estimate of drug-likeness (QED) is 0.312. The van der Waals surface area contributed by atoms with Crippen molar-refractivity contribution in [1.29, 1.82) is 0 Å². The van der Waals surface area contributed by atoms with Crippen LogP contribution in [0.2, 0.25) is 0 Å². The van der Waals surface area contributed by atoms with E-state index in [9.17, 15) is 0 Å². The maximum Gasteiger partial charge on any atom is 0.263 e. The van der Waals surface area contributed by atoms with Crippen molar-refractivity contribution in [3.63, 3.8) is 0 Å². The second-order valence-electron chi connectivity index (χ2n) is 4.84. The Hall–Kier alpha value is -1.70. The number of hydrogen-bond donors (Lipinski definition) is 2. The van der Waals surface area contributed by atoms with E-state index in [4.69, 9.17) is 29.0 Å². The Balaban J connectivity index is 0.00000288. The molecule has 24 heavy (non-hydrogen) atoms. The average molecular weight is 393 g/mol. The van der Waals surface area contributed by atoms with Crippen LogP contribution in [0.3, 0.4) is 0 Å². The zero-order valence-electron chi connectivity index (χ0n) is 13.2. The van der Waals surface area contributed by atoms with E-state index in [-0.39, 0.29) is 12.4 Å². The number of nitrogens with zero attached hydrogens (tertiary/aromatic N) is 5. The summed E-state index contributed by atoms with van der Waals surface area (Å²) >= 11 is 11.7. The molecule has 0 unspecified atom stereocenters. The molecule has 0 aliphatic carbocycles. The molecule has 132 valence electrons. The number of aryl methyl sites for hydroxylation is 1. The van der Waals surface area contributed by atoms with Crippen LogP contribution in [0.25, 0.3) is 0 Å². The van der Waals surface area contributed by atoms with Crippen LogP contribution in [0.4, 0.5) is 11.6 Å². The van der Waals surface area contributed by atoms with E-state index in [1.54, 1.807) is 6.21 Å². The molecular weight excluding hydrogens is 373 g/mol. The number of halogens is 3. The van der Waals surface area contributed by atoms with E-state index >= 15 is 0 Å². The van der Waals surface area contributed by atoms with E-state index in [0.29, 0.717) is 17.7 Å². The first-order valence-electron chi connectivity index (χ1n) is 7.07. The summed E-state index contributed by atoms with van der Waals surface area (Å²) < 4.78 is 1.25. The maximum absolute atomic E-state index is 5.85. The van der Waals surface area contributed by atoms with Gasteiger partial charge in [-0.05, 0) is 30.2 Å². The summed E-state index contributed by atoms with van der Waals surface area (Å²) in [5.41, 5.74) is 5.91. The van der Waals surface area contributed by atoms with Gasteiger partial charge in [-0.15, -0.1) is 45.8 Å². The normalized spacial score (nSPS) is 10.6. The molecule has 7 nitrogen and oxygen atoms in total. The van der Waals surface area contributed by atoms with Gasteiger partial charge in [0.05, 0.1) is 6.21 Å². The van der Waals surface area contributed by atoms with Crippen LogP contribution in [0.5, 0.6) is 0 Å². The Bertz CT molecular complexity index is 654. The number of nitrogen functional groups attached to an aromatic ring is 1. The molecule has 1 aromatic carbocycles. The van der Waals surface area contributed by atoms with Gasteiger partial charge in [-0.1, -0.05) is 6.07 Å². The van der Waals surface area contributed by atoms with Crippen molar-refractivity contribution in [2.45, 2.75) is 6.92 Å². The van der Waals surface area contributed by atoms with E-state index in [1.165, 1.54) is 11.0 Å². The Morgan fingerprint density at radius 1 is 1.33 bits per heavy atom. The maximum atomic E-state index is 5.85. The molecule has 0 fully saturated rings. The lowest BCUT2D eigenvalue weighted by molar-refractivity contribution is 0.873. The smallest absolute Gasteiger partial charge is 0.263 e. The molecule has 0 saturated carbocycles. The SMILES string of the molecule is Cc1cc(N(CCCl)CCCl)ccc1C=NNc1nncn1N.Cl. The van der Waals surface area contributed by atoms with Gasteiger partial charge in [0.15, 0.2) is 0 Å². The highest BCUT2D eigenvalue weighted by Crippen LogP contribution is 2.18. The summed E-state index contributed by atoms with van der Waals surface area (Å²) in [5.74, 6) is 7.07. The summed E-state index contributed by atoms with van der Waals surface area (Å²) in [4.78, 5) is 2.16. The lowest BCUT2D eigenvalue weighted by atomic mass is 10.1. The van der Waals surface area contributed by atoms with Crippen LogP contribution < -0.4 is 16.2 Å². The Morgan fingerprint density at radius 2 is 2.04 bits per heavy atom. The number of nitrogens with two attached hydrogens (primary N) is 1. The number of nitrogens with one attached hydrogen (secondary N) is 1. The van der Waals surface area contributed by atoms with Crippen molar-refractivity contribution in [3.8, 4) is 0 Å². The van der Waals surface area contributed by atoms with Crippen molar-refractivity contribution < 1.29 is 0 Å². The lowest BCUT2D eigenvalue weighted by Crippen LogP contribution is -2.27. The third-order valence-electron chi connectivity index (χ3n) is 3.27. The summed E-state index contributed by atoms with van der Waals surface area (Å²) in [5, 5.41) is 11.6. The number of rotatable bonds is 8. The standard InChI is InChI=1S/C14H19Cl2N7.ClH/c1-11-8-13(22(6-4-15)7-5-16)3-2-12(11)9-18-20-14-21-19-10-23(14)17;/h2-3,8-10H,4-7,17H2,1H3,(H,20,21);1H. The summed E-state index contributed by atoms with van der Waals surface area (Å²) in [6.45, 7) is 3.54. The molecule has 1 heterocycles. The summed E-state index contributed by atoms with van der Waals surface area (Å²) in [6.07, 6.45) is 3.10. The van der Waals surface area contributed by atoms with Gasteiger partial charge in [0.25, 0.3) is 5.95 Å². The van der Waals surface area contributed by atoms with Crippen LogP contribution in [-0.4, -0.2) is 45.9 Å². The highest BCUT2D eigenvalue weighted by atomic mass is 35.5. The molecule has 0 bridgehead atoms. The van der Waals surface area contributed by atoms with E-state index < -0.39 is 0 Å². The minimum Gasteiger partial charge on any atom is -0.369 e. The van der Waals surface area contributed by atoms with E-state index in [2.05, 4.69) is 31.7 Å². The minimum atomic E-state index is 0. The van der Waals surface area contributed by atoms with Crippen molar-refractivity contribution in [2.75, 3.05) is 41.0 Å². The molecule has 0 radical (unpaired) electrons. The highest BCUT2D eigenvalue weighted by molar-refractivity contribution is 6.18. The first-order valence-corrected chi connectivity index (χ1v) is 8.14. The minimum absolute atomic E-state index is 0. The first kappa shape index (κ1) is 20.3. The van der Waals surface area contributed by atoms with Gasteiger partial charge in [0, 0.05) is 30.5 Å². The molecule has 2 rings (SSSR count). The fraction of sp³-hybridized carbons (Fsp3) is 0.357. The van der Waals surface area contributed by atoms with Crippen LogP contribution in [0.15, 0.2) is 29.6 Å². The molecule has 3 N–H and O–H groups in total. The second-order valence-corrected chi connectivity index (χ2v) is 5.59. The van der Waals surface area contributed by atoms with Crippen LogP contribution >= 0.6 is 35.6 Å². The van der Waals surface area contributed by atoms with Crippen LogP contribution in [0, 0.1) is 6.92 Å². The van der Waals surface area contributed by atoms with Gasteiger partial charge >= 0.3 is 0 Å². The monoisotopic (exact) mass is 391 g/mol. The summed E-state index contributed by atoms with van der Waals surface area (Å²) in [7, 11) is 0. The van der Waals surface area contributed by atoms with Crippen LogP contribution in [0.1, 0.15) is 11.1 Å². The zero-order chi connectivity index (χ0) is 16.7. The Kier molecular flexibility index (Phi) is 8.67. The number of hydrazone groups is 1. The van der Waals surface area contributed by atoms with Crippen molar-refractivity contribution >= 4 is 53.5 Å². The Labute approximate surface area is 157 Å². The van der Waals surface area contributed by atoms with Gasteiger partial charge in [0.2, 0.25) is 0 Å². The van der Waals surface area contributed by atoms with Gasteiger partial charge in [-0.2, -0.15) is 5.10 Å². The summed E-state index contributed by atoms with van der Waals surface area (Å²) in [6, 6.07) is 6.11. The molecule has 2 aromatic rings. The average Bonchev–Trinajstić information content (AvgIpc) is 2.94. The zero-order valence-corrected chi connectivity index (χ0v) is 15.5. The fourth-order valence-corrected chi connectivity index (χ4v) is 2.47. The largest absolute Gasteiger partial charge is 0.369 e. The predicted molar refractivity (Wildman–Crippen MR) is 103 cm³/mol. The number of hydrogen-bond acceptors (Lipinski definition) is 6. The molecule has 0 aliphatic rings. The molecule has 0 amide bonds. The molecule has 0 spiro atoms. The highest BCUT2D eigenvalue weighted by Gasteiger charge is 2.07. The number of benzene rings is 1. The van der Waals surface area contributed by atoms with E-state index in [1.807, 2.05) is 19.1 Å². The predicted octanol–water partition coefficient (Wildman–Crippen LogP) is 2.45. The molecule has 0 atom stereocenters. The fourth-order valence-electron chi connectivity index (χ4n) is 2.06. The van der Waals surface area contributed by atoms with Crippen molar-refractivity contribution in [1.82, 2.24) is 14.9 Å². The van der Waals surface area contributed by atoms with Gasteiger partial charge in [-0.3, -0.25) is 0 Å². The van der Waals surface area contributed by atoms with Gasteiger partial charge < -0.3 is 10.7 Å². The molecule has 1 aromatic heterocycles. The van der Waals surface area contributed by atoms with Crippen molar-refractivity contribution in [2.24, 2.45) is 5.10 Å². The van der Waals surface area contributed by atoms with Crippen molar-refractivity contribution in [3.05, 3.63) is 35.7 Å². The molecule has 0 aliphatic heterocycles. The number of anilines is 2. The third-order valence-corrected chi connectivity index (χ3v) is 3.61. The molecule has 0 saturated heterocycles. The number of aromatic nitrogens is 3. The van der Waals surface area contributed by atoms with E-state index in [0.717, 1.165) is 29.9 Å². The van der Waals surface area contributed by atoms with Gasteiger partial charge in [0.1, 0.15) is 6.33 Å². The second kappa shape index (κ2) is 10.2. The number of alkyl halides is 2. The molecular formula is C14H20Cl3N7. The Morgan fingerprint density at radius 3 is 2.58 bits per heavy atom. The first-order chi connectivity index (χ1) is 11.2. The van der Waals surface area contributed by atoms with Crippen LogP contribution in [-0.2, 0) is 0 Å². The third kappa shape index (κ3) is 5.43. The van der Waals surface area contributed by atoms with Gasteiger partial charge in [-0.25, -0.2) is 10.1 Å². The lowest BCUT2D eigenvalue weighted by Gasteiger charge is -2.23.